The molecule has 39 heavy (non-hydrogen) atoms. The minimum absolute atomic E-state index is 0.111. The molecule has 0 aliphatic carbocycles. The smallest absolute Gasteiger partial charge is 0.410 e. The van der Waals surface area contributed by atoms with Crippen molar-refractivity contribution in [2.75, 3.05) is 36.4 Å². The number of thiazole rings is 1. The quantitative estimate of drug-likeness (QED) is 0.370. The third kappa shape index (κ3) is 5.73. The van der Waals surface area contributed by atoms with Crippen LogP contribution in [0, 0.1) is 6.92 Å². The Morgan fingerprint density at radius 2 is 1.82 bits per heavy atom. The largest absolute Gasteiger partial charge is 0.444 e. The highest BCUT2D eigenvalue weighted by Gasteiger charge is 2.26. The molecule has 1 amide bonds. The molecule has 0 radical (unpaired) electrons. The van der Waals surface area contributed by atoms with Crippen molar-refractivity contribution in [1.29, 1.82) is 0 Å². The van der Waals surface area contributed by atoms with Crippen molar-refractivity contribution < 1.29 is 9.53 Å². The summed E-state index contributed by atoms with van der Waals surface area (Å²) in [6, 6.07) is 9.90. The average molecular weight is 548 g/mol. The lowest BCUT2D eigenvalue weighted by Gasteiger charge is -2.36. The molecule has 1 aliphatic heterocycles. The molecule has 0 atom stereocenters. The van der Waals surface area contributed by atoms with E-state index in [4.69, 9.17) is 9.72 Å². The molecule has 1 fully saturated rings. The van der Waals surface area contributed by atoms with E-state index >= 15 is 0 Å². The second kappa shape index (κ2) is 10.6. The van der Waals surface area contributed by atoms with Crippen LogP contribution in [0.5, 0.6) is 0 Å². The number of carbonyl (C=O) groups excluding carboxylic acids is 1. The Hall–Kier alpha value is -3.99. The van der Waals surface area contributed by atoms with E-state index in [1.54, 1.807) is 15.7 Å². The molecule has 10 nitrogen and oxygen atoms in total. The van der Waals surface area contributed by atoms with Gasteiger partial charge in [-0.15, -0.1) is 11.3 Å². The van der Waals surface area contributed by atoms with Gasteiger partial charge in [0.25, 0.3) is 5.56 Å². The monoisotopic (exact) mass is 547 g/mol. The first-order chi connectivity index (χ1) is 18.6. The number of rotatable bonds is 5. The molecule has 1 saturated heterocycles. The van der Waals surface area contributed by atoms with Crippen LogP contribution in [0.3, 0.4) is 0 Å². The van der Waals surface area contributed by atoms with Gasteiger partial charge in [-0.1, -0.05) is 0 Å². The number of benzene rings is 1. The van der Waals surface area contributed by atoms with E-state index in [2.05, 4.69) is 20.2 Å². The van der Waals surface area contributed by atoms with E-state index in [-0.39, 0.29) is 11.7 Å². The minimum Gasteiger partial charge on any atom is -0.444 e. The number of hydrogen-bond acceptors (Lipinski definition) is 9. The summed E-state index contributed by atoms with van der Waals surface area (Å²) in [6.45, 7) is 12.7. The van der Waals surface area contributed by atoms with Crippen molar-refractivity contribution in [2.45, 2.75) is 46.8 Å². The van der Waals surface area contributed by atoms with E-state index in [9.17, 15) is 9.59 Å². The molecule has 0 saturated carbocycles. The third-order valence-electron chi connectivity index (χ3n) is 6.53. The Kier molecular flexibility index (Phi) is 7.26. The van der Waals surface area contributed by atoms with E-state index in [0.29, 0.717) is 41.8 Å². The molecule has 1 N–H and O–H groups in total. The number of amides is 1. The van der Waals surface area contributed by atoms with Gasteiger partial charge in [-0.05, 0) is 65.0 Å². The van der Waals surface area contributed by atoms with E-state index in [0.717, 1.165) is 35.5 Å². The van der Waals surface area contributed by atoms with Gasteiger partial charge in [0.05, 0.1) is 11.3 Å². The number of aryl methyl sites for hydroxylation is 2. The topological polar surface area (TPSA) is 105 Å². The molecule has 4 heterocycles. The fourth-order valence-electron chi connectivity index (χ4n) is 4.61. The van der Waals surface area contributed by atoms with Crippen LogP contribution in [0.25, 0.3) is 21.6 Å². The van der Waals surface area contributed by atoms with Gasteiger partial charge in [0.15, 0.2) is 0 Å². The van der Waals surface area contributed by atoms with Crippen LogP contribution < -0.4 is 15.8 Å². The number of fused-ring (bicyclic) bond motifs is 1. The van der Waals surface area contributed by atoms with Gasteiger partial charge < -0.3 is 19.9 Å². The maximum absolute atomic E-state index is 13.2. The molecule has 0 unspecified atom stereocenters. The second-order valence-electron chi connectivity index (χ2n) is 10.4. The van der Waals surface area contributed by atoms with Crippen LogP contribution in [-0.2, 0) is 11.3 Å². The molecule has 5 rings (SSSR count). The van der Waals surface area contributed by atoms with Gasteiger partial charge in [-0.2, -0.15) is 4.98 Å². The number of pyridine rings is 1. The normalized spacial score (nSPS) is 14.1. The van der Waals surface area contributed by atoms with Gasteiger partial charge in [-0.3, -0.25) is 9.36 Å². The lowest BCUT2D eigenvalue weighted by Crippen LogP contribution is -2.50. The van der Waals surface area contributed by atoms with Gasteiger partial charge in [0.1, 0.15) is 16.3 Å². The molecule has 0 bridgehead atoms. The fourth-order valence-corrected chi connectivity index (χ4v) is 5.25. The Balaban J connectivity index is 1.31. The molecule has 3 aromatic heterocycles. The second-order valence-corrected chi connectivity index (χ2v) is 11.3. The van der Waals surface area contributed by atoms with Crippen molar-refractivity contribution in [1.82, 2.24) is 24.4 Å². The number of carbonyl (C=O) groups is 1. The number of anilines is 3. The summed E-state index contributed by atoms with van der Waals surface area (Å²) in [7, 11) is 0. The summed E-state index contributed by atoms with van der Waals surface area (Å²) in [4.78, 5) is 43.3. The Morgan fingerprint density at radius 3 is 2.44 bits per heavy atom. The zero-order valence-corrected chi connectivity index (χ0v) is 23.7. The van der Waals surface area contributed by atoms with E-state index < -0.39 is 5.60 Å². The lowest BCUT2D eigenvalue weighted by atomic mass is 10.2. The third-order valence-corrected chi connectivity index (χ3v) is 7.34. The van der Waals surface area contributed by atoms with Crippen molar-refractivity contribution in [3.8, 4) is 10.6 Å². The fraction of sp³-hybridized carbons (Fsp3) is 0.393. The van der Waals surface area contributed by atoms with Gasteiger partial charge in [0.2, 0.25) is 5.95 Å². The van der Waals surface area contributed by atoms with Crippen molar-refractivity contribution in [3.05, 3.63) is 58.0 Å². The van der Waals surface area contributed by atoms with Crippen LogP contribution in [0.15, 0.2) is 46.7 Å². The molecule has 0 spiro atoms. The lowest BCUT2D eigenvalue weighted by molar-refractivity contribution is 0.0240. The highest BCUT2D eigenvalue weighted by molar-refractivity contribution is 7.13. The maximum atomic E-state index is 13.2. The minimum atomic E-state index is -0.497. The SMILES string of the molecule is CCn1c(=O)c(-c2nccs2)cc2c(C)nc(Nc3ccc(N4CCN(C(=O)OC(C)(C)C)CC4)cc3)nc21. The number of aromatic nitrogens is 4. The average Bonchev–Trinajstić information content (AvgIpc) is 3.43. The predicted molar refractivity (Wildman–Crippen MR) is 155 cm³/mol. The van der Waals surface area contributed by atoms with Crippen molar-refractivity contribution >= 4 is 45.8 Å². The zero-order valence-electron chi connectivity index (χ0n) is 22.9. The van der Waals surface area contributed by atoms with Gasteiger partial charge in [0, 0.05) is 61.1 Å². The summed E-state index contributed by atoms with van der Waals surface area (Å²) in [5, 5.41) is 6.67. The Labute approximate surface area is 231 Å². The zero-order chi connectivity index (χ0) is 27.7. The van der Waals surface area contributed by atoms with Gasteiger partial charge >= 0.3 is 6.09 Å². The first-order valence-electron chi connectivity index (χ1n) is 13.0. The Morgan fingerprint density at radius 1 is 1.10 bits per heavy atom. The molecule has 1 aromatic carbocycles. The highest BCUT2D eigenvalue weighted by Crippen LogP contribution is 2.26. The van der Waals surface area contributed by atoms with Crippen LogP contribution >= 0.6 is 11.3 Å². The number of nitrogens with zero attached hydrogens (tertiary/aromatic N) is 6. The van der Waals surface area contributed by atoms with Crippen molar-refractivity contribution in [2.24, 2.45) is 0 Å². The number of piperazine rings is 1. The standard InChI is InChI=1S/C28H33N7O3S/c1-6-35-23-21(17-22(25(35)36)24-29-11-16-39-24)18(2)30-26(32-23)31-19-7-9-20(10-8-19)33-12-14-34(15-13-33)27(37)38-28(3,4)5/h7-11,16-17H,6,12-15H2,1-5H3,(H,30,31,32). The molecule has 11 heteroatoms. The van der Waals surface area contributed by atoms with Crippen LogP contribution in [0.2, 0.25) is 0 Å². The molecule has 4 aromatic rings. The Bertz CT molecular complexity index is 1530. The van der Waals surface area contributed by atoms with E-state index in [1.165, 1.54) is 11.3 Å². The first kappa shape index (κ1) is 26.6. The summed E-state index contributed by atoms with van der Waals surface area (Å²) < 4.78 is 7.17. The number of ether oxygens (including phenoxy) is 1. The van der Waals surface area contributed by atoms with Crippen LogP contribution in [-0.4, -0.2) is 62.3 Å². The molecular formula is C28H33N7O3S. The molecule has 204 valence electrons. The van der Waals surface area contributed by atoms with E-state index in [1.807, 2.05) is 70.3 Å². The first-order valence-corrected chi connectivity index (χ1v) is 13.9. The van der Waals surface area contributed by atoms with Crippen LogP contribution in [0.1, 0.15) is 33.4 Å². The highest BCUT2D eigenvalue weighted by atomic mass is 32.1. The number of nitrogens with one attached hydrogen (secondary N) is 1. The summed E-state index contributed by atoms with van der Waals surface area (Å²) in [5.41, 5.74) is 3.25. The van der Waals surface area contributed by atoms with Crippen LogP contribution in [0.4, 0.5) is 22.1 Å². The summed E-state index contributed by atoms with van der Waals surface area (Å²) in [6.07, 6.45) is 1.44. The molecule has 1 aliphatic rings. The maximum Gasteiger partial charge on any atom is 0.410 e. The van der Waals surface area contributed by atoms with Crippen molar-refractivity contribution in [3.63, 3.8) is 0 Å². The summed E-state index contributed by atoms with van der Waals surface area (Å²) >= 11 is 1.44. The molecular weight excluding hydrogens is 514 g/mol. The van der Waals surface area contributed by atoms with Gasteiger partial charge in [-0.25, -0.2) is 14.8 Å². The summed E-state index contributed by atoms with van der Waals surface area (Å²) in [5.74, 6) is 0.433. The predicted octanol–water partition coefficient (Wildman–Crippen LogP) is 5.04. The number of hydrogen-bond donors (Lipinski definition) is 1.